The number of fused-ring (bicyclic) bond motifs is 2. The first-order valence-electron chi connectivity index (χ1n) is 11.9. The molecule has 3 heterocycles. The second-order valence-corrected chi connectivity index (χ2v) is 10.9. The van der Waals surface area contributed by atoms with E-state index in [1.54, 1.807) is 29.8 Å². The fourth-order valence-corrected chi connectivity index (χ4v) is 4.62. The van der Waals surface area contributed by atoms with Crippen LogP contribution in [0.3, 0.4) is 0 Å². The Kier molecular flexibility index (Phi) is 5.95. The van der Waals surface area contributed by atoms with E-state index in [-0.39, 0.29) is 6.61 Å². The number of carbonyl (C=O) groups is 2. The number of carbonyl (C=O) groups excluding carboxylic acids is 2. The number of hydrogen-bond acceptors (Lipinski definition) is 5. The third kappa shape index (κ3) is 4.72. The van der Waals surface area contributed by atoms with Gasteiger partial charge < -0.3 is 14.0 Å². The molecule has 0 saturated heterocycles. The highest BCUT2D eigenvalue weighted by Crippen LogP contribution is 2.38. The third-order valence-electron chi connectivity index (χ3n) is 5.99. The van der Waals surface area contributed by atoms with Gasteiger partial charge in [-0.25, -0.2) is 14.1 Å². The maximum Gasteiger partial charge on any atom is 0.343 e. The molecule has 0 spiro atoms. The number of aromatic nitrogens is 3. The molecule has 0 N–H and O–H groups in total. The lowest BCUT2D eigenvalue weighted by Crippen LogP contribution is -2.24. The van der Waals surface area contributed by atoms with Gasteiger partial charge in [0.2, 0.25) is 0 Å². The molecule has 0 aliphatic heterocycles. The lowest BCUT2D eigenvalue weighted by Gasteiger charge is -2.19. The van der Waals surface area contributed by atoms with E-state index in [0.29, 0.717) is 28.3 Å². The Bertz CT molecular complexity index is 1460. The first-order chi connectivity index (χ1) is 16.6. The normalized spacial score (nSPS) is 14.0. The molecule has 0 radical (unpaired) electrons. The lowest BCUT2D eigenvalue weighted by atomic mass is 10.1. The Balaban J connectivity index is 1.74. The predicted octanol–water partition coefficient (Wildman–Crippen LogP) is 6.26. The lowest BCUT2D eigenvalue weighted by molar-refractivity contribution is 0.00724. The van der Waals surface area contributed by atoms with Crippen LogP contribution in [-0.2, 0) is 16.0 Å². The molecule has 8 heteroatoms. The largest absolute Gasteiger partial charge is 0.462 e. The number of ether oxygens (including phenoxy) is 2. The molecule has 7 nitrogen and oxygen atoms in total. The Hall–Kier alpha value is -3.13. The molecule has 1 aromatic carbocycles. The summed E-state index contributed by atoms with van der Waals surface area (Å²) >= 11 is 3.60. The van der Waals surface area contributed by atoms with E-state index >= 15 is 0 Å². The van der Waals surface area contributed by atoms with Gasteiger partial charge in [0.15, 0.2) is 0 Å². The van der Waals surface area contributed by atoms with Gasteiger partial charge in [0.25, 0.3) is 0 Å². The number of esters is 2. The quantitative estimate of drug-likeness (QED) is 0.271. The minimum atomic E-state index is -0.668. The van der Waals surface area contributed by atoms with Gasteiger partial charge in [-0.05, 0) is 76.8 Å². The molecule has 1 saturated carbocycles. The van der Waals surface area contributed by atoms with Crippen molar-refractivity contribution in [2.75, 3.05) is 6.61 Å². The zero-order valence-electron chi connectivity index (χ0n) is 20.3. The number of hydrogen-bond donors (Lipinski definition) is 0. The van der Waals surface area contributed by atoms with Crippen LogP contribution in [0.4, 0.5) is 0 Å². The average molecular weight is 538 g/mol. The summed E-state index contributed by atoms with van der Waals surface area (Å²) < 4.78 is 15.8. The van der Waals surface area contributed by atoms with Crippen LogP contribution in [0.25, 0.3) is 27.8 Å². The third-order valence-corrected chi connectivity index (χ3v) is 6.48. The summed E-state index contributed by atoms with van der Waals surface area (Å²) in [4.78, 5) is 25.8. The van der Waals surface area contributed by atoms with E-state index in [2.05, 4.69) is 38.7 Å². The Morgan fingerprint density at radius 1 is 1.09 bits per heavy atom. The standard InChI is InChI=1S/C27H28BrN3O4/c1-5-34-25(32)18-9-11-20-23(26(33)35-27(2,3)4)24(29-31(20)15-18)22-12-17-8-10-19(28)13-21(17)30(22)14-16-6-7-16/h8-13,15-16H,5-7,14H2,1-4H3. The number of benzene rings is 1. The predicted molar refractivity (Wildman–Crippen MR) is 138 cm³/mol. The molecule has 1 aliphatic carbocycles. The van der Waals surface area contributed by atoms with E-state index in [9.17, 15) is 9.59 Å². The van der Waals surface area contributed by atoms with Crippen LogP contribution in [-0.4, -0.2) is 38.3 Å². The monoisotopic (exact) mass is 537 g/mol. The Labute approximate surface area is 212 Å². The van der Waals surface area contributed by atoms with Crippen molar-refractivity contribution < 1.29 is 19.1 Å². The Morgan fingerprint density at radius 3 is 2.54 bits per heavy atom. The second kappa shape index (κ2) is 8.82. The van der Waals surface area contributed by atoms with E-state index in [1.807, 2.05) is 26.8 Å². The molecular formula is C27H28BrN3O4. The molecule has 0 unspecified atom stereocenters. The van der Waals surface area contributed by atoms with Gasteiger partial charge in [0.1, 0.15) is 16.9 Å². The van der Waals surface area contributed by atoms with E-state index < -0.39 is 17.5 Å². The topological polar surface area (TPSA) is 74.8 Å². The average Bonchev–Trinajstić information content (AvgIpc) is 3.42. The van der Waals surface area contributed by atoms with Crippen LogP contribution in [0.5, 0.6) is 0 Å². The number of rotatable bonds is 6. The minimum absolute atomic E-state index is 0.279. The summed E-state index contributed by atoms with van der Waals surface area (Å²) in [6.45, 7) is 8.43. The van der Waals surface area contributed by atoms with E-state index in [4.69, 9.17) is 14.6 Å². The number of pyridine rings is 1. The first-order valence-corrected chi connectivity index (χ1v) is 12.7. The highest BCUT2D eigenvalue weighted by Gasteiger charge is 2.30. The van der Waals surface area contributed by atoms with Crippen molar-refractivity contribution >= 4 is 44.3 Å². The zero-order valence-corrected chi connectivity index (χ0v) is 21.9. The van der Waals surface area contributed by atoms with Gasteiger partial charge in [0.05, 0.1) is 23.4 Å². The van der Waals surface area contributed by atoms with Gasteiger partial charge >= 0.3 is 11.9 Å². The van der Waals surface area contributed by atoms with Gasteiger partial charge in [-0.2, -0.15) is 5.10 Å². The molecule has 0 amide bonds. The van der Waals surface area contributed by atoms with Crippen molar-refractivity contribution in [1.82, 2.24) is 14.2 Å². The molecule has 35 heavy (non-hydrogen) atoms. The fraction of sp³-hybridized carbons (Fsp3) is 0.370. The SMILES string of the molecule is CCOC(=O)c1ccc2c(C(=O)OC(C)(C)C)c(-c3cc4ccc(Br)cc4n3CC3CC3)nn2c1. The van der Waals surface area contributed by atoms with Crippen molar-refractivity contribution in [3.05, 3.63) is 58.2 Å². The van der Waals surface area contributed by atoms with Crippen LogP contribution >= 0.6 is 15.9 Å². The molecule has 1 fully saturated rings. The van der Waals surface area contributed by atoms with E-state index in [1.165, 1.54) is 12.8 Å². The van der Waals surface area contributed by atoms with Crippen LogP contribution in [0.1, 0.15) is 61.3 Å². The van der Waals surface area contributed by atoms with Gasteiger partial charge in [-0.3, -0.25) is 0 Å². The highest BCUT2D eigenvalue weighted by atomic mass is 79.9. The smallest absolute Gasteiger partial charge is 0.343 e. The summed E-state index contributed by atoms with van der Waals surface area (Å²) in [5.41, 5.74) is 3.13. The molecule has 5 rings (SSSR count). The molecule has 0 atom stereocenters. The summed E-state index contributed by atoms with van der Waals surface area (Å²) in [5.74, 6) is -0.269. The summed E-state index contributed by atoms with van der Waals surface area (Å²) in [6, 6.07) is 11.6. The summed E-state index contributed by atoms with van der Waals surface area (Å²) in [6.07, 6.45) is 4.00. The van der Waals surface area contributed by atoms with Crippen LogP contribution in [0, 0.1) is 5.92 Å². The Morgan fingerprint density at radius 2 is 1.86 bits per heavy atom. The molecule has 0 bridgehead atoms. The molecule has 4 aromatic rings. The first kappa shape index (κ1) is 23.6. The van der Waals surface area contributed by atoms with Crippen molar-refractivity contribution in [2.45, 2.75) is 52.7 Å². The zero-order chi connectivity index (χ0) is 24.9. The maximum absolute atomic E-state index is 13.5. The van der Waals surface area contributed by atoms with Crippen molar-refractivity contribution in [3.63, 3.8) is 0 Å². The van der Waals surface area contributed by atoms with Crippen molar-refractivity contribution in [1.29, 1.82) is 0 Å². The van der Waals surface area contributed by atoms with Crippen LogP contribution in [0.15, 0.2) is 47.1 Å². The number of nitrogens with zero attached hydrogens (tertiary/aromatic N) is 3. The maximum atomic E-state index is 13.5. The van der Waals surface area contributed by atoms with Gasteiger partial charge in [0, 0.05) is 28.1 Å². The molecular weight excluding hydrogens is 510 g/mol. The van der Waals surface area contributed by atoms with Crippen LogP contribution < -0.4 is 0 Å². The van der Waals surface area contributed by atoms with Gasteiger partial charge in [-0.15, -0.1) is 0 Å². The van der Waals surface area contributed by atoms with Crippen LogP contribution in [0.2, 0.25) is 0 Å². The number of halogens is 1. The van der Waals surface area contributed by atoms with E-state index in [0.717, 1.165) is 27.6 Å². The molecule has 3 aromatic heterocycles. The second-order valence-electron chi connectivity index (χ2n) is 9.98. The highest BCUT2D eigenvalue weighted by molar-refractivity contribution is 9.10. The summed E-state index contributed by atoms with van der Waals surface area (Å²) in [7, 11) is 0. The summed E-state index contributed by atoms with van der Waals surface area (Å²) in [5, 5.41) is 5.89. The van der Waals surface area contributed by atoms with Crippen molar-refractivity contribution in [3.8, 4) is 11.4 Å². The fourth-order valence-electron chi connectivity index (χ4n) is 4.27. The minimum Gasteiger partial charge on any atom is -0.462 e. The molecule has 1 aliphatic rings. The van der Waals surface area contributed by atoms with Gasteiger partial charge in [-0.1, -0.05) is 22.0 Å². The molecule has 182 valence electrons. The van der Waals surface area contributed by atoms with Crippen molar-refractivity contribution in [2.24, 2.45) is 5.92 Å².